The first-order valence-electron chi connectivity index (χ1n) is 8.44. The molecule has 4 heterocycles. The zero-order valence-corrected chi connectivity index (χ0v) is 13.4. The molecule has 6 nitrogen and oxygen atoms in total. The lowest BCUT2D eigenvalue weighted by Crippen LogP contribution is -2.28. The van der Waals surface area contributed by atoms with Gasteiger partial charge in [0.15, 0.2) is 11.5 Å². The number of rotatable bonds is 2. The number of hydrogen-bond acceptors (Lipinski definition) is 5. The minimum absolute atomic E-state index is 0.325. The SMILES string of the molecule is c1ccc(-c2nnc3ccc(N4CC[C@@]5(CCOC5)C4)nn23)cc1. The Morgan fingerprint density at radius 2 is 1.92 bits per heavy atom. The van der Waals surface area contributed by atoms with Gasteiger partial charge in [0, 0.05) is 30.7 Å². The molecule has 2 saturated heterocycles. The Morgan fingerprint density at radius 1 is 1.00 bits per heavy atom. The van der Waals surface area contributed by atoms with Crippen LogP contribution < -0.4 is 4.90 Å². The lowest BCUT2D eigenvalue weighted by Gasteiger charge is -2.22. The van der Waals surface area contributed by atoms with Gasteiger partial charge in [-0.25, -0.2) is 0 Å². The molecular formula is C18H19N5O. The summed E-state index contributed by atoms with van der Waals surface area (Å²) < 4.78 is 7.48. The van der Waals surface area contributed by atoms with Crippen LogP contribution in [0.1, 0.15) is 12.8 Å². The van der Waals surface area contributed by atoms with Crippen LogP contribution in [0.5, 0.6) is 0 Å². The Balaban J connectivity index is 1.52. The molecule has 5 rings (SSSR count). The molecule has 0 amide bonds. The van der Waals surface area contributed by atoms with Crippen molar-refractivity contribution in [3.05, 3.63) is 42.5 Å². The van der Waals surface area contributed by atoms with Gasteiger partial charge < -0.3 is 9.64 Å². The van der Waals surface area contributed by atoms with E-state index in [1.165, 1.54) is 6.42 Å². The summed E-state index contributed by atoms with van der Waals surface area (Å²) in [6.45, 7) is 3.83. The summed E-state index contributed by atoms with van der Waals surface area (Å²) in [4.78, 5) is 2.36. The van der Waals surface area contributed by atoms with E-state index in [4.69, 9.17) is 9.84 Å². The summed E-state index contributed by atoms with van der Waals surface area (Å²) in [5.41, 5.74) is 2.12. The third kappa shape index (κ3) is 2.17. The molecule has 2 aromatic heterocycles. The first-order valence-corrected chi connectivity index (χ1v) is 8.44. The highest BCUT2D eigenvalue weighted by atomic mass is 16.5. The second-order valence-electron chi connectivity index (χ2n) is 6.83. The summed E-state index contributed by atoms with van der Waals surface area (Å²) in [7, 11) is 0. The molecule has 0 N–H and O–H groups in total. The number of anilines is 1. The van der Waals surface area contributed by atoms with Crippen LogP contribution in [0.25, 0.3) is 17.0 Å². The maximum atomic E-state index is 5.63. The van der Waals surface area contributed by atoms with Crippen LogP contribution in [0, 0.1) is 5.41 Å². The molecular weight excluding hydrogens is 302 g/mol. The normalized spacial score (nSPS) is 23.6. The van der Waals surface area contributed by atoms with E-state index in [0.717, 1.165) is 55.6 Å². The molecule has 0 saturated carbocycles. The van der Waals surface area contributed by atoms with Crippen LogP contribution in [0.15, 0.2) is 42.5 Å². The average Bonchev–Trinajstić information content (AvgIpc) is 3.36. The van der Waals surface area contributed by atoms with E-state index in [1.807, 2.05) is 47.0 Å². The van der Waals surface area contributed by atoms with E-state index >= 15 is 0 Å². The monoisotopic (exact) mass is 321 g/mol. The molecule has 1 spiro atoms. The molecule has 6 heteroatoms. The van der Waals surface area contributed by atoms with Crippen molar-refractivity contribution >= 4 is 11.5 Å². The largest absolute Gasteiger partial charge is 0.381 e. The van der Waals surface area contributed by atoms with Gasteiger partial charge in [-0.3, -0.25) is 0 Å². The molecule has 0 bridgehead atoms. The van der Waals surface area contributed by atoms with Crippen molar-refractivity contribution in [3.63, 3.8) is 0 Å². The minimum Gasteiger partial charge on any atom is -0.381 e. The zero-order valence-electron chi connectivity index (χ0n) is 13.4. The van der Waals surface area contributed by atoms with Gasteiger partial charge in [-0.05, 0) is 25.0 Å². The number of benzene rings is 1. The predicted molar refractivity (Wildman–Crippen MR) is 90.9 cm³/mol. The zero-order chi connectivity index (χ0) is 16.0. The molecule has 0 aliphatic carbocycles. The standard InChI is InChI=1S/C18H19N5O/c1-2-4-14(5-3-1)17-20-19-15-6-7-16(21-23(15)17)22-10-8-18(12-22)9-11-24-13-18/h1-7H,8-13H2/t18-/m1/s1. The van der Waals surface area contributed by atoms with Gasteiger partial charge in [0.2, 0.25) is 0 Å². The number of ether oxygens (including phenoxy) is 1. The van der Waals surface area contributed by atoms with Crippen molar-refractivity contribution in [1.82, 2.24) is 19.8 Å². The molecule has 0 radical (unpaired) electrons. The van der Waals surface area contributed by atoms with Gasteiger partial charge in [-0.2, -0.15) is 4.52 Å². The summed E-state index contributed by atoms with van der Waals surface area (Å²) >= 11 is 0. The molecule has 1 atom stereocenters. The van der Waals surface area contributed by atoms with E-state index in [2.05, 4.69) is 15.1 Å². The second-order valence-corrected chi connectivity index (χ2v) is 6.83. The summed E-state index contributed by atoms with van der Waals surface area (Å²) in [6, 6.07) is 14.1. The topological polar surface area (TPSA) is 55.5 Å². The molecule has 0 unspecified atom stereocenters. The number of hydrogen-bond donors (Lipinski definition) is 0. The third-order valence-electron chi connectivity index (χ3n) is 5.23. The second kappa shape index (κ2) is 5.27. The van der Waals surface area contributed by atoms with Crippen molar-refractivity contribution in [2.45, 2.75) is 12.8 Å². The third-order valence-corrected chi connectivity index (χ3v) is 5.23. The highest BCUT2D eigenvalue weighted by Gasteiger charge is 2.41. The Bertz CT molecular complexity index is 870. The first-order chi connectivity index (χ1) is 11.8. The van der Waals surface area contributed by atoms with Crippen LogP contribution in [0.4, 0.5) is 5.82 Å². The van der Waals surface area contributed by atoms with Crippen molar-refractivity contribution in [2.75, 3.05) is 31.2 Å². The smallest absolute Gasteiger partial charge is 0.185 e. The Kier molecular flexibility index (Phi) is 3.06. The fourth-order valence-electron chi connectivity index (χ4n) is 3.82. The molecule has 1 aromatic carbocycles. The van der Waals surface area contributed by atoms with Gasteiger partial charge >= 0.3 is 0 Å². The van der Waals surface area contributed by atoms with E-state index in [-0.39, 0.29) is 0 Å². The maximum absolute atomic E-state index is 5.63. The van der Waals surface area contributed by atoms with Crippen LogP contribution in [-0.4, -0.2) is 46.1 Å². The van der Waals surface area contributed by atoms with Gasteiger partial charge in [0.1, 0.15) is 5.82 Å². The minimum atomic E-state index is 0.325. The Morgan fingerprint density at radius 3 is 2.75 bits per heavy atom. The first kappa shape index (κ1) is 13.9. The van der Waals surface area contributed by atoms with E-state index in [1.54, 1.807) is 0 Å². The van der Waals surface area contributed by atoms with Crippen molar-refractivity contribution in [1.29, 1.82) is 0 Å². The summed E-state index contributed by atoms with van der Waals surface area (Å²) in [6.07, 6.45) is 2.34. The molecule has 122 valence electrons. The van der Waals surface area contributed by atoms with Crippen LogP contribution in [0.2, 0.25) is 0 Å². The summed E-state index contributed by atoms with van der Waals surface area (Å²) in [5.74, 6) is 1.77. The lowest BCUT2D eigenvalue weighted by molar-refractivity contribution is 0.160. The molecule has 2 aliphatic rings. The summed E-state index contributed by atoms with van der Waals surface area (Å²) in [5, 5.41) is 13.4. The average molecular weight is 321 g/mol. The molecule has 2 fully saturated rings. The lowest BCUT2D eigenvalue weighted by atomic mass is 9.87. The van der Waals surface area contributed by atoms with E-state index < -0.39 is 0 Å². The maximum Gasteiger partial charge on any atom is 0.185 e. The van der Waals surface area contributed by atoms with Crippen LogP contribution in [-0.2, 0) is 4.74 Å². The predicted octanol–water partition coefficient (Wildman–Crippen LogP) is 2.41. The number of aromatic nitrogens is 4. The molecule has 2 aliphatic heterocycles. The van der Waals surface area contributed by atoms with E-state index in [0.29, 0.717) is 5.41 Å². The van der Waals surface area contributed by atoms with Gasteiger partial charge in [0.05, 0.1) is 6.61 Å². The molecule has 24 heavy (non-hydrogen) atoms. The Labute approximate surface area is 140 Å². The van der Waals surface area contributed by atoms with Crippen molar-refractivity contribution in [3.8, 4) is 11.4 Å². The number of nitrogens with zero attached hydrogens (tertiary/aromatic N) is 5. The molecule has 3 aromatic rings. The number of fused-ring (bicyclic) bond motifs is 1. The quantitative estimate of drug-likeness (QED) is 0.725. The highest BCUT2D eigenvalue weighted by molar-refractivity contribution is 5.59. The fourth-order valence-corrected chi connectivity index (χ4v) is 3.82. The van der Waals surface area contributed by atoms with Crippen molar-refractivity contribution < 1.29 is 4.74 Å². The van der Waals surface area contributed by atoms with Gasteiger partial charge in [-0.15, -0.1) is 15.3 Å². The highest BCUT2D eigenvalue weighted by Crippen LogP contribution is 2.39. The fraction of sp³-hybridized carbons (Fsp3) is 0.389. The van der Waals surface area contributed by atoms with Gasteiger partial charge in [0.25, 0.3) is 0 Å². The van der Waals surface area contributed by atoms with Gasteiger partial charge in [-0.1, -0.05) is 30.3 Å². The van der Waals surface area contributed by atoms with Crippen LogP contribution >= 0.6 is 0 Å². The van der Waals surface area contributed by atoms with Crippen molar-refractivity contribution in [2.24, 2.45) is 5.41 Å². The Hall–Kier alpha value is -2.47. The van der Waals surface area contributed by atoms with Crippen LogP contribution in [0.3, 0.4) is 0 Å². The van der Waals surface area contributed by atoms with E-state index in [9.17, 15) is 0 Å².